The van der Waals surface area contributed by atoms with Crippen LogP contribution in [-0.4, -0.2) is 34.6 Å². The molecule has 9 heteroatoms. The van der Waals surface area contributed by atoms with Gasteiger partial charge in [0.2, 0.25) is 0 Å². The molecule has 0 saturated carbocycles. The molecule has 2 N–H and O–H groups in total. The number of rotatable bonds is 4. The van der Waals surface area contributed by atoms with Crippen molar-refractivity contribution >= 4 is 32.2 Å². The number of aromatic nitrogens is 3. The molecule has 0 atom stereocenters. The Morgan fingerprint density at radius 2 is 2.24 bits per heavy atom. The molecule has 114 valence electrons. The highest BCUT2D eigenvalue weighted by Crippen LogP contribution is 2.37. The summed E-state index contributed by atoms with van der Waals surface area (Å²) in [4.78, 5) is 6.48. The zero-order valence-corrected chi connectivity index (χ0v) is 13.3. The highest BCUT2D eigenvalue weighted by molar-refractivity contribution is 7.91. The fraction of sp³-hybridized carbons (Fsp3) is 0.500. The minimum absolute atomic E-state index is 0.0884. The molecule has 0 bridgehead atoms. The number of anilines is 2. The van der Waals surface area contributed by atoms with Gasteiger partial charge >= 0.3 is 0 Å². The Labute approximate surface area is 127 Å². The van der Waals surface area contributed by atoms with Crippen molar-refractivity contribution in [3.63, 3.8) is 0 Å². The van der Waals surface area contributed by atoms with Gasteiger partial charge in [0.15, 0.2) is 15.7 Å². The summed E-state index contributed by atoms with van der Waals surface area (Å²) in [6, 6.07) is 0. The van der Waals surface area contributed by atoms with E-state index in [2.05, 4.69) is 13.9 Å². The second kappa shape index (κ2) is 5.30. The number of fused-ring (bicyclic) bond motifs is 1. The predicted octanol–water partition coefficient (Wildman–Crippen LogP) is 1.13. The fourth-order valence-electron chi connectivity index (χ4n) is 2.50. The standard InChI is InChI=1S/C12H17N5O2S2/c1-2-7-21(18,19)10-11(13)15-20-12(10)17-6-5-16-4-3-14-9(16)8-17/h3-4H,2,5-8H2,1H3,(H2,13,15). The van der Waals surface area contributed by atoms with E-state index in [0.29, 0.717) is 18.0 Å². The first-order valence-corrected chi connectivity index (χ1v) is 9.18. The van der Waals surface area contributed by atoms with E-state index < -0.39 is 9.84 Å². The average molecular weight is 327 g/mol. The lowest BCUT2D eigenvalue weighted by Crippen LogP contribution is -2.34. The van der Waals surface area contributed by atoms with Gasteiger partial charge in [0.1, 0.15) is 15.7 Å². The largest absolute Gasteiger partial charge is 0.382 e. The molecular weight excluding hydrogens is 310 g/mol. The fourth-order valence-corrected chi connectivity index (χ4v) is 5.28. The number of nitrogen functional groups attached to an aromatic ring is 1. The first-order valence-electron chi connectivity index (χ1n) is 6.76. The van der Waals surface area contributed by atoms with Crippen LogP contribution in [0.1, 0.15) is 19.2 Å². The maximum atomic E-state index is 12.4. The first-order chi connectivity index (χ1) is 10.0. The predicted molar refractivity (Wildman–Crippen MR) is 82.1 cm³/mol. The number of sulfone groups is 1. The Bertz CT molecular complexity index is 750. The molecule has 0 radical (unpaired) electrons. The molecular formula is C12H17N5O2S2. The molecule has 0 aliphatic carbocycles. The van der Waals surface area contributed by atoms with Gasteiger partial charge in [-0.25, -0.2) is 13.4 Å². The number of imidazole rings is 1. The molecule has 0 spiro atoms. The van der Waals surface area contributed by atoms with Crippen molar-refractivity contribution < 1.29 is 8.42 Å². The summed E-state index contributed by atoms with van der Waals surface area (Å²) in [6.45, 7) is 3.91. The topological polar surface area (TPSA) is 94.1 Å². The number of hydrogen-bond acceptors (Lipinski definition) is 7. The molecule has 21 heavy (non-hydrogen) atoms. The minimum atomic E-state index is -3.39. The number of nitrogens with zero attached hydrogens (tertiary/aromatic N) is 4. The average Bonchev–Trinajstić information content (AvgIpc) is 3.03. The maximum absolute atomic E-state index is 12.4. The van der Waals surface area contributed by atoms with Crippen molar-refractivity contribution in [3.8, 4) is 0 Å². The van der Waals surface area contributed by atoms with Crippen LogP contribution in [0.2, 0.25) is 0 Å². The smallest absolute Gasteiger partial charge is 0.185 e. The molecule has 7 nitrogen and oxygen atoms in total. The SMILES string of the molecule is CCCS(=O)(=O)c1c(N)nsc1N1CCn2ccnc2C1. The second-order valence-electron chi connectivity index (χ2n) is 4.98. The van der Waals surface area contributed by atoms with E-state index in [1.54, 1.807) is 6.20 Å². The van der Waals surface area contributed by atoms with Gasteiger partial charge in [0, 0.05) is 25.5 Å². The molecule has 0 fully saturated rings. The summed E-state index contributed by atoms with van der Waals surface area (Å²) in [5.74, 6) is 1.12. The Kier molecular flexibility index (Phi) is 3.62. The zero-order chi connectivity index (χ0) is 15.0. The van der Waals surface area contributed by atoms with Gasteiger partial charge in [-0.05, 0) is 18.0 Å². The van der Waals surface area contributed by atoms with Gasteiger partial charge in [0.05, 0.1) is 12.3 Å². The summed E-state index contributed by atoms with van der Waals surface area (Å²) < 4.78 is 31.0. The number of hydrogen-bond donors (Lipinski definition) is 1. The molecule has 2 aromatic rings. The van der Waals surface area contributed by atoms with Gasteiger partial charge in [-0.1, -0.05) is 6.92 Å². The van der Waals surface area contributed by atoms with E-state index in [4.69, 9.17) is 5.73 Å². The van der Waals surface area contributed by atoms with Gasteiger partial charge in [0.25, 0.3) is 0 Å². The van der Waals surface area contributed by atoms with E-state index >= 15 is 0 Å². The van der Waals surface area contributed by atoms with E-state index in [1.807, 2.05) is 18.0 Å². The van der Waals surface area contributed by atoms with E-state index in [9.17, 15) is 8.42 Å². The lowest BCUT2D eigenvalue weighted by atomic mass is 10.3. The van der Waals surface area contributed by atoms with Crippen LogP contribution in [0.25, 0.3) is 0 Å². The Morgan fingerprint density at radius 1 is 1.43 bits per heavy atom. The third-order valence-electron chi connectivity index (χ3n) is 3.47. The molecule has 0 unspecified atom stereocenters. The third-order valence-corrected chi connectivity index (χ3v) is 6.50. The van der Waals surface area contributed by atoms with Crippen molar-refractivity contribution in [2.24, 2.45) is 0 Å². The lowest BCUT2D eigenvalue weighted by molar-refractivity contribution is 0.558. The number of nitrogens with two attached hydrogens (primary N) is 1. The minimum Gasteiger partial charge on any atom is -0.382 e. The van der Waals surface area contributed by atoms with Crippen molar-refractivity contribution in [2.75, 3.05) is 22.9 Å². The zero-order valence-electron chi connectivity index (χ0n) is 11.7. The van der Waals surface area contributed by atoms with Crippen LogP contribution in [0.4, 0.5) is 10.8 Å². The van der Waals surface area contributed by atoms with Crippen LogP contribution in [0.3, 0.4) is 0 Å². The molecule has 1 aliphatic heterocycles. The van der Waals surface area contributed by atoms with Crippen molar-refractivity contribution in [1.29, 1.82) is 0 Å². The Hall–Kier alpha value is -1.61. The summed E-state index contributed by atoms with van der Waals surface area (Å²) in [5, 5.41) is 0.634. The summed E-state index contributed by atoms with van der Waals surface area (Å²) >= 11 is 1.15. The molecule has 0 amide bonds. The van der Waals surface area contributed by atoms with E-state index in [-0.39, 0.29) is 16.5 Å². The van der Waals surface area contributed by atoms with Gasteiger partial charge in [-0.2, -0.15) is 4.37 Å². The molecule has 3 rings (SSSR count). The van der Waals surface area contributed by atoms with E-state index in [0.717, 1.165) is 30.4 Å². The van der Waals surface area contributed by atoms with Gasteiger partial charge in [-0.15, -0.1) is 0 Å². The Morgan fingerprint density at radius 3 is 3.00 bits per heavy atom. The van der Waals surface area contributed by atoms with Crippen molar-refractivity contribution in [3.05, 3.63) is 18.2 Å². The monoisotopic (exact) mass is 327 g/mol. The van der Waals surface area contributed by atoms with Crippen molar-refractivity contribution in [1.82, 2.24) is 13.9 Å². The second-order valence-corrected chi connectivity index (χ2v) is 7.78. The Balaban J connectivity index is 1.98. The van der Waals surface area contributed by atoms with Crippen LogP contribution in [0, 0.1) is 0 Å². The van der Waals surface area contributed by atoms with Crippen LogP contribution in [0.5, 0.6) is 0 Å². The van der Waals surface area contributed by atoms with Crippen LogP contribution < -0.4 is 10.6 Å². The van der Waals surface area contributed by atoms with Crippen LogP contribution >= 0.6 is 11.5 Å². The maximum Gasteiger partial charge on any atom is 0.185 e. The molecule has 3 heterocycles. The van der Waals surface area contributed by atoms with Gasteiger partial charge in [-0.3, -0.25) is 0 Å². The first kappa shape index (κ1) is 14.3. The van der Waals surface area contributed by atoms with Crippen LogP contribution in [0.15, 0.2) is 17.3 Å². The highest BCUT2D eigenvalue weighted by atomic mass is 32.2. The normalized spacial score (nSPS) is 15.2. The van der Waals surface area contributed by atoms with E-state index in [1.165, 1.54) is 0 Å². The third kappa shape index (κ3) is 2.51. The molecule has 0 aromatic carbocycles. The molecule has 1 aliphatic rings. The highest BCUT2D eigenvalue weighted by Gasteiger charge is 2.29. The summed E-state index contributed by atoms with van der Waals surface area (Å²) in [6.07, 6.45) is 4.25. The van der Waals surface area contributed by atoms with Crippen LogP contribution in [-0.2, 0) is 22.9 Å². The summed E-state index contributed by atoms with van der Waals surface area (Å²) in [7, 11) is -3.39. The van der Waals surface area contributed by atoms with Gasteiger partial charge < -0.3 is 15.2 Å². The molecule has 2 aromatic heterocycles. The summed E-state index contributed by atoms with van der Waals surface area (Å²) in [5.41, 5.74) is 5.81. The quantitative estimate of drug-likeness (QED) is 0.904. The lowest BCUT2D eigenvalue weighted by Gasteiger charge is -2.28. The molecule has 0 saturated heterocycles. The van der Waals surface area contributed by atoms with Crippen molar-refractivity contribution in [2.45, 2.75) is 31.3 Å².